The molecule has 0 radical (unpaired) electrons. The maximum atomic E-state index is 4.73. The van der Waals surface area contributed by atoms with Gasteiger partial charge in [0.1, 0.15) is 0 Å². The summed E-state index contributed by atoms with van der Waals surface area (Å²) in [5, 5.41) is 0. The second kappa shape index (κ2) is 8.81. The molecule has 1 atom stereocenters. The van der Waals surface area contributed by atoms with E-state index in [1.54, 1.807) is 0 Å². The Morgan fingerprint density at radius 2 is 1.96 bits per heavy atom. The van der Waals surface area contributed by atoms with E-state index in [9.17, 15) is 0 Å². The maximum absolute atomic E-state index is 4.73. The summed E-state index contributed by atoms with van der Waals surface area (Å²) in [5.41, 5.74) is 8.75. The number of aryl methyl sites for hydroxylation is 2. The average Bonchev–Trinajstić information content (AvgIpc) is 2.68. The molecule has 138 valence electrons. The lowest BCUT2D eigenvalue weighted by Gasteiger charge is -2.28. The summed E-state index contributed by atoms with van der Waals surface area (Å²) in [5.74, 6) is 0.433. The number of pyridine rings is 1. The zero-order valence-corrected chi connectivity index (χ0v) is 16.7. The van der Waals surface area contributed by atoms with Gasteiger partial charge in [-0.2, -0.15) is 0 Å². The van der Waals surface area contributed by atoms with Gasteiger partial charge in [0.05, 0.1) is 5.69 Å². The Morgan fingerprint density at radius 1 is 1.15 bits per heavy atom. The van der Waals surface area contributed by atoms with Crippen molar-refractivity contribution in [3.05, 3.63) is 101 Å². The summed E-state index contributed by atoms with van der Waals surface area (Å²) in [7, 11) is 0. The molecule has 0 bridgehead atoms. The van der Waals surface area contributed by atoms with Crippen LogP contribution in [0.15, 0.2) is 79.1 Å². The van der Waals surface area contributed by atoms with Gasteiger partial charge < -0.3 is 0 Å². The van der Waals surface area contributed by atoms with Crippen LogP contribution in [0.3, 0.4) is 0 Å². The molecule has 3 rings (SSSR count). The Balaban J connectivity index is 2.15. The van der Waals surface area contributed by atoms with Gasteiger partial charge in [0, 0.05) is 6.20 Å². The summed E-state index contributed by atoms with van der Waals surface area (Å²) < 4.78 is 0. The van der Waals surface area contributed by atoms with Crippen molar-refractivity contribution < 1.29 is 0 Å². The predicted molar refractivity (Wildman–Crippen MR) is 117 cm³/mol. The summed E-state index contributed by atoms with van der Waals surface area (Å²) in [4.78, 5) is 4.73. The third-order valence-corrected chi connectivity index (χ3v) is 5.25. The van der Waals surface area contributed by atoms with Crippen LogP contribution in [0.2, 0.25) is 0 Å². The van der Waals surface area contributed by atoms with E-state index in [2.05, 4.69) is 82.0 Å². The number of allylic oxidation sites excluding steroid dienone is 7. The number of hydrogen-bond donors (Lipinski definition) is 0. The summed E-state index contributed by atoms with van der Waals surface area (Å²) >= 11 is 0. The van der Waals surface area contributed by atoms with Gasteiger partial charge in [0.25, 0.3) is 0 Å². The fraction of sp³-hybridized carbons (Fsp3) is 0.269. The van der Waals surface area contributed by atoms with Gasteiger partial charge in [0.15, 0.2) is 0 Å². The highest BCUT2D eigenvalue weighted by Gasteiger charge is 2.25. The lowest BCUT2D eigenvalue weighted by molar-refractivity contribution is 0.683. The molecule has 27 heavy (non-hydrogen) atoms. The molecule has 0 saturated heterocycles. The topological polar surface area (TPSA) is 12.9 Å². The standard InChI is InChI=1S/C26H29N/c1-5-7-8-12-21-14-15-24(23-13-10-9-11-20(23)4)22(6-2)26(21)25-18-19(3)16-17-27-25/h6-11,13,15-18,21H,2,5,12,14H2,1,3-4H3. The number of aromatic nitrogens is 1. The largest absolute Gasteiger partial charge is 0.257 e. The SMILES string of the molecule is C=CC1=C(c2cc(C)ccn2)C(CC=CCC)CC=C1c1ccccc1C. The van der Waals surface area contributed by atoms with Crippen LogP contribution in [0.4, 0.5) is 0 Å². The second-order valence-corrected chi connectivity index (χ2v) is 7.23. The molecule has 0 saturated carbocycles. The molecule has 1 aromatic heterocycles. The van der Waals surface area contributed by atoms with E-state index in [-0.39, 0.29) is 0 Å². The average molecular weight is 356 g/mol. The molecule has 0 aliphatic heterocycles. The monoisotopic (exact) mass is 355 g/mol. The molecule has 1 heteroatoms. The lowest BCUT2D eigenvalue weighted by Crippen LogP contribution is -2.12. The first kappa shape index (κ1) is 19.1. The van der Waals surface area contributed by atoms with Gasteiger partial charge in [-0.25, -0.2) is 0 Å². The van der Waals surface area contributed by atoms with Crippen molar-refractivity contribution >= 4 is 11.1 Å². The molecule has 1 heterocycles. The van der Waals surface area contributed by atoms with Crippen molar-refractivity contribution in [1.29, 1.82) is 0 Å². The number of benzene rings is 1. The Kier molecular flexibility index (Phi) is 6.24. The molecule has 0 N–H and O–H groups in total. The summed E-state index contributed by atoms with van der Waals surface area (Å²) in [6, 6.07) is 12.9. The number of nitrogens with zero attached hydrogens (tertiary/aromatic N) is 1. The Bertz CT molecular complexity index is 911. The molecule has 1 aromatic carbocycles. The molecule has 1 aliphatic rings. The van der Waals surface area contributed by atoms with Crippen LogP contribution >= 0.6 is 0 Å². The quantitative estimate of drug-likeness (QED) is 0.504. The van der Waals surface area contributed by atoms with Crippen molar-refractivity contribution in [1.82, 2.24) is 4.98 Å². The van der Waals surface area contributed by atoms with Gasteiger partial charge in [-0.05, 0) is 84.6 Å². The third kappa shape index (κ3) is 4.19. The van der Waals surface area contributed by atoms with Gasteiger partial charge in [-0.1, -0.05) is 62.1 Å². The number of rotatable bonds is 6. The van der Waals surface area contributed by atoms with Crippen LogP contribution in [0, 0.1) is 19.8 Å². The van der Waals surface area contributed by atoms with Crippen molar-refractivity contribution in [2.45, 2.75) is 40.0 Å². The van der Waals surface area contributed by atoms with Gasteiger partial charge in [-0.15, -0.1) is 0 Å². The molecule has 1 nitrogen and oxygen atoms in total. The highest BCUT2D eigenvalue weighted by Crippen LogP contribution is 2.43. The molecule has 1 unspecified atom stereocenters. The fourth-order valence-corrected chi connectivity index (χ4v) is 3.87. The van der Waals surface area contributed by atoms with Crippen LogP contribution in [0.5, 0.6) is 0 Å². The van der Waals surface area contributed by atoms with Crippen molar-refractivity contribution in [3.63, 3.8) is 0 Å². The van der Waals surface area contributed by atoms with E-state index < -0.39 is 0 Å². The minimum atomic E-state index is 0.433. The first-order chi connectivity index (χ1) is 13.2. The van der Waals surface area contributed by atoms with Gasteiger partial charge in [0.2, 0.25) is 0 Å². The lowest BCUT2D eigenvalue weighted by atomic mass is 9.77. The second-order valence-electron chi connectivity index (χ2n) is 7.23. The van der Waals surface area contributed by atoms with Crippen LogP contribution in [0.25, 0.3) is 11.1 Å². The van der Waals surface area contributed by atoms with Gasteiger partial charge >= 0.3 is 0 Å². The number of hydrogen-bond acceptors (Lipinski definition) is 1. The molecule has 0 spiro atoms. The van der Waals surface area contributed by atoms with E-state index in [0.29, 0.717) is 5.92 Å². The molecular weight excluding hydrogens is 326 g/mol. The van der Waals surface area contributed by atoms with E-state index in [1.807, 2.05) is 12.3 Å². The minimum Gasteiger partial charge on any atom is -0.257 e. The fourth-order valence-electron chi connectivity index (χ4n) is 3.87. The highest BCUT2D eigenvalue weighted by atomic mass is 14.7. The van der Waals surface area contributed by atoms with Crippen LogP contribution in [0.1, 0.15) is 48.6 Å². The Labute approximate surface area is 163 Å². The third-order valence-electron chi connectivity index (χ3n) is 5.25. The van der Waals surface area contributed by atoms with Crippen molar-refractivity contribution in [2.24, 2.45) is 5.92 Å². The molecule has 0 fully saturated rings. The smallest absolute Gasteiger partial charge is 0.0673 e. The van der Waals surface area contributed by atoms with Crippen LogP contribution < -0.4 is 0 Å². The molecule has 0 amide bonds. The summed E-state index contributed by atoms with van der Waals surface area (Å²) in [6.07, 6.45) is 14.0. The zero-order chi connectivity index (χ0) is 19.2. The minimum absolute atomic E-state index is 0.433. The van der Waals surface area contributed by atoms with E-state index in [1.165, 1.54) is 33.4 Å². The maximum Gasteiger partial charge on any atom is 0.0673 e. The Morgan fingerprint density at radius 3 is 2.67 bits per heavy atom. The van der Waals surface area contributed by atoms with Crippen molar-refractivity contribution in [2.75, 3.05) is 0 Å². The van der Waals surface area contributed by atoms with E-state index in [0.717, 1.165) is 25.0 Å². The highest BCUT2D eigenvalue weighted by molar-refractivity contribution is 5.94. The summed E-state index contributed by atoms with van der Waals surface area (Å²) in [6.45, 7) is 10.7. The van der Waals surface area contributed by atoms with E-state index in [4.69, 9.17) is 4.98 Å². The molecular formula is C26H29N. The first-order valence-electron chi connectivity index (χ1n) is 9.86. The first-order valence-corrected chi connectivity index (χ1v) is 9.86. The molecule has 1 aliphatic carbocycles. The zero-order valence-electron chi connectivity index (χ0n) is 16.7. The normalized spacial score (nSPS) is 17.3. The van der Waals surface area contributed by atoms with E-state index >= 15 is 0 Å². The van der Waals surface area contributed by atoms with Crippen molar-refractivity contribution in [3.8, 4) is 0 Å². The van der Waals surface area contributed by atoms with Crippen LogP contribution in [-0.4, -0.2) is 4.98 Å². The Hall–Kier alpha value is -2.67. The van der Waals surface area contributed by atoms with Crippen LogP contribution in [-0.2, 0) is 0 Å². The predicted octanol–water partition coefficient (Wildman–Crippen LogP) is 7.10. The molecule has 2 aromatic rings. The van der Waals surface area contributed by atoms with Gasteiger partial charge in [-0.3, -0.25) is 4.98 Å².